The summed E-state index contributed by atoms with van der Waals surface area (Å²) in [4.78, 5) is 16.9. The van der Waals surface area contributed by atoms with Crippen LogP contribution in [-0.4, -0.2) is 19.9 Å². The Balaban J connectivity index is 1.57. The number of nitrogens with one attached hydrogen (secondary N) is 2. The maximum absolute atomic E-state index is 4.93. The summed E-state index contributed by atoms with van der Waals surface area (Å²) in [6.45, 7) is 4.36. The molecule has 2 aromatic heterocycles. The third kappa shape index (κ3) is 3.42. The number of rotatable bonds is 5. The van der Waals surface area contributed by atoms with Gasteiger partial charge < -0.3 is 9.97 Å². The maximum atomic E-state index is 4.93. The molecule has 144 valence electrons. The van der Waals surface area contributed by atoms with Gasteiger partial charge in [0.05, 0.1) is 22.1 Å². The fourth-order valence-corrected chi connectivity index (χ4v) is 4.02. The van der Waals surface area contributed by atoms with Gasteiger partial charge in [0.1, 0.15) is 11.6 Å². The minimum Gasteiger partial charge on any atom is -0.342 e. The molecular weight excluding hydrogens is 356 g/mol. The van der Waals surface area contributed by atoms with E-state index in [-0.39, 0.29) is 11.8 Å². The Morgan fingerprint density at radius 3 is 1.90 bits per heavy atom. The SMILES string of the molecule is Cc1ccc(C[C@H](c2nc3ccccc3[nH]2)[C@H](C)c2nc3ccccc3[nH]2)cc1. The molecule has 0 bridgehead atoms. The molecule has 5 aromatic rings. The number of para-hydroxylation sites is 4. The van der Waals surface area contributed by atoms with Gasteiger partial charge in [-0.1, -0.05) is 61.0 Å². The summed E-state index contributed by atoms with van der Waals surface area (Å²) in [5.74, 6) is 2.39. The molecule has 2 atom stereocenters. The van der Waals surface area contributed by atoms with Gasteiger partial charge in [0, 0.05) is 11.8 Å². The Kier molecular flexibility index (Phi) is 4.39. The van der Waals surface area contributed by atoms with E-state index in [2.05, 4.69) is 72.3 Å². The van der Waals surface area contributed by atoms with Crippen molar-refractivity contribution in [3.63, 3.8) is 0 Å². The van der Waals surface area contributed by atoms with E-state index in [0.29, 0.717) is 0 Å². The maximum Gasteiger partial charge on any atom is 0.111 e. The zero-order valence-corrected chi connectivity index (χ0v) is 16.7. The van der Waals surface area contributed by atoms with Crippen LogP contribution in [0.5, 0.6) is 0 Å². The second-order valence-electron chi connectivity index (χ2n) is 7.86. The van der Waals surface area contributed by atoms with Gasteiger partial charge in [0.2, 0.25) is 0 Å². The van der Waals surface area contributed by atoms with E-state index in [1.807, 2.05) is 24.3 Å². The topological polar surface area (TPSA) is 57.4 Å². The summed E-state index contributed by atoms with van der Waals surface area (Å²) in [6.07, 6.45) is 0.901. The summed E-state index contributed by atoms with van der Waals surface area (Å²) >= 11 is 0. The number of H-pyrrole nitrogens is 2. The van der Waals surface area contributed by atoms with Crippen molar-refractivity contribution in [3.05, 3.63) is 95.6 Å². The van der Waals surface area contributed by atoms with Crippen molar-refractivity contribution < 1.29 is 0 Å². The number of fused-ring (bicyclic) bond motifs is 2. The first-order valence-corrected chi connectivity index (χ1v) is 10.1. The Morgan fingerprint density at radius 1 is 0.724 bits per heavy atom. The molecule has 29 heavy (non-hydrogen) atoms. The molecule has 0 saturated carbocycles. The lowest BCUT2D eigenvalue weighted by Gasteiger charge is -2.21. The third-order valence-corrected chi connectivity index (χ3v) is 5.78. The summed E-state index contributed by atoms with van der Waals surface area (Å²) in [7, 11) is 0. The molecule has 0 aliphatic rings. The highest BCUT2D eigenvalue weighted by molar-refractivity contribution is 5.75. The molecule has 5 rings (SSSR count). The number of hydrogen-bond acceptors (Lipinski definition) is 2. The molecule has 0 unspecified atom stereocenters. The van der Waals surface area contributed by atoms with Crippen molar-refractivity contribution in [2.75, 3.05) is 0 Å². The van der Waals surface area contributed by atoms with Crippen LogP contribution in [0.1, 0.15) is 41.5 Å². The standard InChI is InChI=1S/C25H24N4/c1-16-11-13-18(14-12-16)15-19(25-28-22-9-5-6-10-23(22)29-25)17(2)24-26-20-7-3-4-8-21(20)27-24/h3-14,17,19H,15H2,1-2H3,(H,26,27)(H,28,29)/t17-,19-/m0/s1. The molecule has 0 spiro atoms. The molecular formula is C25H24N4. The largest absolute Gasteiger partial charge is 0.342 e. The average Bonchev–Trinajstić information content (AvgIpc) is 3.37. The Hall–Kier alpha value is -3.40. The number of imidazole rings is 2. The molecule has 4 nitrogen and oxygen atoms in total. The smallest absolute Gasteiger partial charge is 0.111 e. The molecule has 3 aromatic carbocycles. The Bertz CT molecular complexity index is 1200. The molecule has 0 radical (unpaired) electrons. The first-order chi connectivity index (χ1) is 14.2. The lowest BCUT2D eigenvalue weighted by atomic mass is 9.86. The van der Waals surface area contributed by atoms with Crippen LogP contribution in [0.15, 0.2) is 72.8 Å². The number of nitrogens with zero attached hydrogens (tertiary/aromatic N) is 2. The van der Waals surface area contributed by atoms with E-state index in [4.69, 9.17) is 9.97 Å². The number of benzene rings is 3. The zero-order valence-electron chi connectivity index (χ0n) is 16.7. The van der Waals surface area contributed by atoms with Crippen LogP contribution in [0.3, 0.4) is 0 Å². The summed E-state index contributed by atoms with van der Waals surface area (Å²) in [5, 5.41) is 0. The van der Waals surface area contributed by atoms with Crippen molar-refractivity contribution >= 4 is 22.1 Å². The highest BCUT2D eigenvalue weighted by Gasteiger charge is 2.27. The fraction of sp³-hybridized carbons (Fsp3) is 0.200. The van der Waals surface area contributed by atoms with Gasteiger partial charge in [-0.15, -0.1) is 0 Å². The zero-order chi connectivity index (χ0) is 19.8. The van der Waals surface area contributed by atoms with Gasteiger partial charge >= 0.3 is 0 Å². The van der Waals surface area contributed by atoms with E-state index >= 15 is 0 Å². The highest BCUT2D eigenvalue weighted by Crippen LogP contribution is 2.34. The van der Waals surface area contributed by atoms with E-state index in [9.17, 15) is 0 Å². The normalized spacial score (nSPS) is 13.7. The van der Waals surface area contributed by atoms with Gasteiger partial charge in [-0.05, 0) is 43.2 Å². The van der Waals surface area contributed by atoms with Crippen LogP contribution < -0.4 is 0 Å². The predicted molar refractivity (Wildman–Crippen MR) is 118 cm³/mol. The van der Waals surface area contributed by atoms with Crippen LogP contribution in [0.25, 0.3) is 22.1 Å². The number of aromatic amines is 2. The van der Waals surface area contributed by atoms with E-state index < -0.39 is 0 Å². The molecule has 0 saturated heterocycles. The summed E-state index contributed by atoms with van der Waals surface area (Å²) in [5.41, 5.74) is 6.76. The van der Waals surface area contributed by atoms with Crippen LogP contribution >= 0.6 is 0 Å². The quantitative estimate of drug-likeness (QED) is 0.400. The third-order valence-electron chi connectivity index (χ3n) is 5.78. The summed E-state index contributed by atoms with van der Waals surface area (Å²) in [6, 6.07) is 25.2. The second kappa shape index (κ2) is 7.21. The van der Waals surface area contributed by atoms with Crippen molar-refractivity contribution in [1.29, 1.82) is 0 Å². The van der Waals surface area contributed by atoms with Crippen molar-refractivity contribution in [2.45, 2.75) is 32.1 Å². The lowest BCUT2D eigenvalue weighted by Crippen LogP contribution is -2.14. The molecule has 0 aliphatic carbocycles. The Morgan fingerprint density at radius 2 is 1.28 bits per heavy atom. The average molecular weight is 380 g/mol. The van der Waals surface area contributed by atoms with Gasteiger partial charge in [-0.25, -0.2) is 9.97 Å². The monoisotopic (exact) mass is 380 g/mol. The minimum atomic E-state index is 0.185. The first kappa shape index (κ1) is 17.7. The Labute approximate surface area is 170 Å². The van der Waals surface area contributed by atoms with Crippen LogP contribution in [0.2, 0.25) is 0 Å². The first-order valence-electron chi connectivity index (χ1n) is 10.1. The van der Waals surface area contributed by atoms with Crippen LogP contribution in [0.4, 0.5) is 0 Å². The predicted octanol–water partition coefficient (Wildman–Crippen LogP) is 5.88. The molecule has 2 N–H and O–H groups in total. The molecule has 0 aliphatic heterocycles. The number of hydrogen-bond donors (Lipinski definition) is 2. The minimum absolute atomic E-state index is 0.185. The molecule has 0 fully saturated rings. The van der Waals surface area contributed by atoms with Gasteiger partial charge in [0.15, 0.2) is 0 Å². The van der Waals surface area contributed by atoms with Crippen molar-refractivity contribution in [3.8, 4) is 0 Å². The second-order valence-corrected chi connectivity index (χ2v) is 7.86. The van der Waals surface area contributed by atoms with E-state index in [0.717, 1.165) is 40.1 Å². The van der Waals surface area contributed by atoms with Crippen LogP contribution in [-0.2, 0) is 6.42 Å². The highest BCUT2D eigenvalue weighted by atomic mass is 15.0. The van der Waals surface area contributed by atoms with Gasteiger partial charge in [0.25, 0.3) is 0 Å². The van der Waals surface area contributed by atoms with Gasteiger partial charge in [-0.3, -0.25) is 0 Å². The fourth-order valence-electron chi connectivity index (χ4n) is 4.02. The number of aryl methyl sites for hydroxylation is 1. The van der Waals surface area contributed by atoms with Gasteiger partial charge in [-0.2, -0.15) is 0 Å². The number of aromatic nitrogens is 4. The lowest BCUT2D eigenvalue weighted by molar-refractivity contribution is 0.530. The molecule has 4 heteroatoms. The molecule has 2 heterocycles. The van der Waals surface area contributed by atoms with Crippen LogP contribution in [0, 0.1) is 6.92 Å². The van der Waals surface area contributed by atoms with E-state index in [1.54, 1.807) is 0 Å². The van der Waals surface area contributed by atoms with Crippen molar-refractivity contribution in [2.24, 2.45) is 0 Å². The summed E-state index contributed by atoms with van der Waals surface area (Å²) < 4.78 is 0. The van der Waals surface area contributed by atoms with Crippen molar-refractivity contribution in [1.82, 2.24) is 19.9 Å². The molecule has 0 amide bonds. The van der Waals surface area contributed by atoms with E-state index in [1.165, 1.54) is 11.1 Å².